The standard InChI is InChI=1S/C18H21NOS/c1-3-13(2)15-9-6-7-11-17(15)20-12-14-8-4-5-10-16(14)18(19)21/h4-11,13H,3,12H2,1-2H3,(H2,19,21). The highest BCUT2D eigenvalue weighted by Crippen LogP contribution is 2.29. The molecular weight excluding hydrogens is 278 g/mol. The van der Waals surface area contributed by atoms with E-state index in [2.05, 4.69) is 26.0 Å². The summed E-state index contributed by atoms with van der Waals surface area (Å²) in [6.07, 6.45) is 1.09. The molecule has 0 aliphatic carbocycles. The van der Waals surface area contributed by atoms with E-state index in [-0.39, 0.29) is 0 Å². The molecule has 2 N–H and O–H groups in total. The van der Waals surface area contributed by atoms with Gasteiger partial charge in [0.05, 0.1) is 0 Å². The highest BCUT2D eigenvalue weighted by atomic mass is 32.1. The molecule has 0 spiro atoms. The average molecular weight is 299 g/mol. The summed E-state index contributed by atoms with van der Waals surface area (Å²) in [5.74, 6) is 1.41. The van der Waals surface area contributed by atoms with Crippen molar-refractivity contribution >= 4 is 17.2 Å². The third-order valence-electron chi connectivity index (χ3n) is 3.73. The highest BCUT2D eigenvalue weighted by molar-refractivity contribution is 7.80. The summed E-state index contributed by atoms with van der Waals surface area (Å²) in [6, 6.07) is 16.0. The third kappa shape index (κ3) is 3.82. The molecule has 21 heavy (non-hydrogen) atoms. The van der Waals surface area contributed by atoms with Gasteiger partial charge in [-0.2, -0.15) is 0 Å². The van der Waals surface area contributed by atoms with Crippen LogP contribution in [0.25, 0.3) is 0 Å². The van der Waals surface area contributed by atoms with Gasteiger partial charge in [-0.1, -0.05) is 68.5 Å². The maximum Gasteiger partial charge on any atom is 0.123 e. The van der Waals surface area contributed by atoms with Crippen LogP contribution in [0.4, 0.5) is 0 Å². The third-order valence-corrected chi connectivity index (χ3v) is 3.95. The van der Waals surface area contributed by atoms with Crippen molar-refractivity contribution < 1.29 is 4.74 Å². The van der Waals surface area contributed by atoms with Gasteiger partial charge in [0.1, 0.15) is 17.3 Å². The Labute approximate surface area is 131 Å². The highest BCUT2D eigenvalue weighted by Gasteiger charge is 2.11. The molecule has 2 aromatic carbocycles. The molecule has 2 rings (SSSR count). The zero-order valence-electron chi connectivity index (χ0n) is 12.5. The Hall–Kier alpha value is -1.87. The van der Waals surface area contributed by atoms with Crippen LogP contribution in [0.5, 0.6) is 5.75 Å². The molecule has 0 bridgehead atoms. The maximum absolute atomic E-state index is 6.02. The molecular formula is C18H21NOS. The van der Waals surface area contributed by atoms with Gasteiger partial charge < -0.3 is 10.5 Å². The largest absolute Gasteiger partial charge is 0.489 e. The number of hydrogen-bond acceptors (Lipinski definition) is 2. The maximum atomic E-state index is 6.02. The van der Waals surface area contributed by atoms with Crippen LogP contribution < -0.4 is 10.5 Å². The lowest BCUT2D eigenvalue weighted by molar-refractivity contribution is 0.301. The second-order valence-electron chi connectivity index (χ2n) is 5.16. The van der Waals surface area contributed by atoms with Crippen LogP contribution in [0.15, 0.2) is 48.5 Å². The van der Waals surface area contributed by atoms with E-state index in [0.717, 1.165) is 23.3 Å². The van der Waals surface area contributed by atoms with E-state index < -0.39 is 0 Å². The summed E-state index contributed by atoms with van der Waals surface area (Å²) in [5, 5.41) is 0. The van der Waals surface area contributed by atoms with Crippen molar-refractivity contribution in [1.29, 1.82) is 0 Å². The molecule has 0 heterocycles. The van der Waals surface area contributed by atoms with Crippen molar-refractivity contribution in [2.75, 3.05) is 0 Å². The minimum Gasteiger partial charge on any atom is -0.489 e. The summed E-state index contributed by atoms with van der Waals surface area (Å²) in [7, 11) is 0. The van der Waals surface area contributed by atoms with Gasteiger partial charge in [0.25, 0.3) is 0 Å². The van der Waals surface area contributed by atoms with Crippen molar-refractivity contribution in [2.45, 2.75) is 32.8 Å². The lowest BCUT2D eigenvalue weighted by Gasteiger charge is -2.16. The predicted octanol–water partition coefficient (Wildman–Crippen LogP) is 4.41. The van der Waals surface area contributed by atoms with Gasteiger partial charge in [-0.3, -0.25) is 0 Å². The number of hydrogen-bond donors (Lipinski definition) is 1. The Morgan fingerprint density at radius 3 is 2.52 bits per heavy atom. The van der Waals surface area contributed by atoms with Crippen LogP contribution in [-0.2, 0) is 6.61 Å². The van der Waals surface area contributed by atoms with E-state index in [1.165, 1.54) is 5.56 Å². The Morgan fingerprint density at radius 2 is 1.81 bits per heavy atom. The molecule has 2 aromatic rings. The fourth-order valence-corrected chi connectivity index (χ4v) is 2.48. The van der Waals surface area contributed by atoms with E-state index in [9.17, 15) is 0 Å². The Bertz CT molecular complexity index is 624. The lowest BCUT2D eigenvalue weighted by Crippen LogP contribution is -2.13. The van der Waals surface area contributed by atoms with Crippen LogP contribution in [-0.4, -0.2) is 4.99 Å². The van der Waals surface area contributed by atoms with Crippen LogP contribution in [0.1, 0.15) is 42.9 Å². The monoisotopic (exact) mass is 299 g/mol. The van der Waals surface area contributed by atoms with Gasteiger partial charge in [-0.15, -0.1) is 0 Å². The van der Waals surface area contributed by atoms with Crippen LogP contribution >= 0.6 is 12.2 Å². The summed E-state index contributed by atoms with van der Waals surface area (Å²) in [6.45, 7) is 4.87. The number of rotatable bonds is 6. The van der Waals surface area contributed by atoms with Gasteiger partial charge in [-0.25, -0.2) is 0 Å². The molecule has 0 aliphatic rings. The van der Waals surface area contributed by atoms with Gasteiger partial charge in [-0.05, 0) is 29.5 Å². The van der Waals surface area contributed by atoms with Gasteiger partial charge in [0.15, 0.2) is 0 Å². The molecule has 0 aromatic heterocycles. The van der Waals surface area contributed by atoms with Crippen LogP contribution in [0.3, 0.4) is 0 Å². The molecule has 0 aliphatic heterocycles. The minimum absolute atomic E-state index is 0.407. The Kier molecular flexibility index (Phi) is 5.34. The summed E-state index contributed by atoms with van der Waals surface area (Å²) in [4.78, 5) is 0.407. The Morgan fingerprint density at radius 1 is 1.14 bits per heavy atom. The fourth-order valence-electron chi connectivity index (χ4n) is 2.28. The molecule has 0 fully saturated rings. The zero-order valence-corrected chi connectivity index (χ0v) is 13.3. The number of para-hydroxylation sites is 1. The number of thiocarbonyl (C=S) groups is 1. The molecule has 1 atom stereocenters. The molecule has 0 amide bonds. The van der Waals surface area contributed by atoms with Crippen LogP contribution in [0.2, 0.25) is 0 Å². The molecule has 0 saturated heterocycles. The second-order valence-corrected chi connectivity index (χ2v) is 5.60. The molecule has 0 saturated carbocycles. The summed E-state index contributed by atoms with van der Waals surface area (Å²) in [5.41, 5.74) is 8.90. The first-order valence-electron chi connectivity index (χ1n) is 7.23. The number of ether oxygens (including phenoxy) is 1. The van der Waals surface area contributed by atoms with Crippen LogP contribution in [0, 0.1) is 0 Å². The van der Waals surface area contributed by atoms with Gasteiger partial charge in [0, 0.05) is 5.56 Å². The van der Waals surface area contributed by atoms with Crippen molar-refractivity contribution in [3.63, 3.8) is 0 Å². The summed E-state index contributed by atoms with van der Waals surface area (Å²) >= 11 is 5.09. The molecule has 3 heteroatoms. The molecule has 110 valence electrons. The average Bonchev–Trinajstić information content (AvgIpc) is 2.52. The SMILES string of the molecule is CCC(C)c1ccccc1OCc1ccccc1C(N)=S. The number of benzene rings is 2. The van der Waals surface area contributed by atoms with Crippen molar-refractivity contribution in [3.8, 4) is 5.75 Å². The van der Waals surface area contributed by atoms with Gasteiger partial charge >= 0.3 is 0 Å². The summed E-state index contributed by atoms with van der Waals surface area (Å²) < 4.78 is 6.02. The quantitative estimate of drug-likeness (QED) is 0.802. The normalized spacial score (nSPS) is 11.9. The first kappa shape index (κ1) is 15.5. The van der Waals surface area contributed by atoms with E-state index in [0.29, 0.717) is 17.5 Å². The van der Waals surface area contributed by atoms with Crippen molar-refractivity contribution in [3.05, 3.63) is 65.2 Å². The van der Waals surface area contributed by atoms with E-state index in [4.69, 9.17) is 22.7 Å². The Balaban J connectivity index is 2.19. The topological polar surface area (TPSA) is 35.2 Å². The molecule has 0 radical (unpaired) electrons. The minimum atomic E-state index is 0.407. The first-order valence-corrected chi connectivity index (χ1v) is 7.63. The molecule has 1 unspecified atom stereocenters. The van der Waals surface area contributed by atoms with E-state index in [1.807, 2.05) is 36.4 Å². The smallest absolute Gasteiger partial charge is 0.123 e. The van der Waals surface area contributed by atoms with E-state index >= 15 is 0 Å². The lowest BCUT2D eigenvalue weighted by atomic mass is 9.98. The van der Waals surface area contributed by atoms with Gasteiger partial charge in [0.2, 0.25) is 0 Å². The number of nitrogens with two attached hydrogens (primary N) is 1. The van der Waals surface area contributed by atoms with Crippen molar-refractivity contribution in [2.24, 2.45) is 5.73 Å². The zero-order chi connectivity index (χ0) is 15.2. The fraction of sp³-hybridized carbons (Fsp3) is 0.278. The predicted molar refractivity (Wildman–Crippen MR) is 91.8 cm³/mol. The van der Waals surface area contributed by atoms with Crippen molar-refractivity contribution in [1.82, 2.24) is 0 Å². The second kappa shape index (κ2) is 7.23. The first-order chi connectivity index (χ1) is 10.1. The van der Waals surface area contributed by atoms with E-state index in [1.54, 1.807) is 0 Å². The molecule has 2 nitrogen and oxygen atoms in total.